The molecule has 0 aromatic rings. The van der Waals surface area contributed by atoms with Crippen molar-refractivity contribution in [3.05, 3.63) is 0 Å². The summed E-state index contributed by atoms with van der Waals surface area (Å²) in [6.07, 6.45) is 2.04. The molecule has 0 aromatic heterocycles. The van der Waals surface area contributed by atoms with Gasteiger partial charge >= 0.3 is 0 Å². The Balaban J connectivity index is 0. The monoisotopic (exact) mass is 159 g/mol. The fourth-order valence-electron chi connectivity index (χ4n) is 0.447. The minimum atomic E-state index is 0.344. The van der Waals surface area contributed by atoms with Gasteiger partial charge in [0.1, 0.15) is 0 Å². The summed E-state index contributed by atoms with van der Waals surface area (Å²) >= 11 is 0.815. The zero-order chi connectivity index (χ0) is 8.24. The van der Waals surface area contributed by atoms with Crippen molar-refractivity contribution in [2.75, 3.05) is 6.61 Å². The Kier molecular flexibility index (Phi) is 21.3. The zero-order valence-electron chi connectivity index (χ0n) is 7.56. The Labute approximate surface area is 71.5 Å². The van der Waals surface area contributed by atoms with Crippen LogP contribution in [0.2, 0.25) is 10.6 Å². The van der Waals surface area contributed by atoms with Gasteiger partial charge in [0.15, 0.2) is 15.2 Å². The van der Waals surface area contributed by atoms with E-state index in [1.807, 2.05) is 0 Å². The van der Waals surface area contributed by atoms with Gasteiger partial charge in [0, 0.05) is 6.61 Å². The van der Waals surface area contributed by atoms with E-state index in [-0.39, 0.29) is 0 Å². The highest BCUT2D eigenvalue weighted by molar-refractivity contribution is 6.34. The molecule has 0 aliphatic carbocycles. The predicted molar refractivity (Wildman–Crippen MR) is 48.7 cm³/mol. The SMILES string of the molecule is CCCCO.C[CH2][Al][CH2]C. The molecule has 1 radical (unpaired) electrons. The van der Waals surface area contributed by atoms with Crippen LogP contribution in [0.15, 0.2) is 0 Å². The highest BCUT2D eigenvalue weighted by Gasteiger charge is 1.74. The number of aliphatic hydroxyl groups is 1. The van der Waals surface area contributed by atoms with Crippen LogP contribution in [0.4, 0.5) is 0 Å². The topological polar surface area (TPSA) is 20.2 Å². The summed E-state index contributed by atoms with van der Waals surface area (Å²) in [5, 5.41) is 10.9. The Morgan fingerprint density at radius 1 is 1.10 bits per heavy atom. The Morgan fingerprint density at radius 3 is 1.60 bits per heavy atom. The molecule has 0 saturated carbocycles. The third-order valence-corrected chi connectivity index (χ3v) is 2.24. The van der Waals surface area contributed by atoms with Crippen molar-refractivity contribution >= 4 is 15.2 Å². The third kappa shape index (κ3) is 23.6. The lowest BCUT2D eigenvalue weighted by atomic mass is 10.4. The summed E-state index contributed by atoms with van der Waals surface area (Å²) in [5.74, 6) is 0. The number of unbranched alkanes of at least 4 members (excludes halogenated alkanes) is 1. The van der Waals surface area contributed by atoms with Crippen molar-refractivity contribution < 1.29 is 5.11 Å². The molecule has 1 N–H and O–H groups in total. The molecule has 0 aromatic carbocycles. The number of aliphatic hydroxyl groups excluding tert-OH is 1. The fraction of sp³-hybridized carbons (Fsp3) is 1.00. The molecule has 0 bridgehead atoms. The second-order valence-corrected chi connectivity index (χ2v) is 4.39. The lowest BCUT2D eigenvalue weighted by Crippen LogP contribution is -1.76. The maximum atomic E-state index is 8.07. The second-order valence-electron chi connectivity index (χ2n) is 2.18. The summed E-state index contributed by atoms with van der Waals surface area (Å²) in [5.41, 5.74) is 0. The average molecular weight is 159 g/mol. The van der Waals surface area contributed by atoms with Gasteiger partial charge in [-0.3, -0.25) is 0 Å². The molecule has 0 fully saturated rings. The van der Waals surface area contributed by atoms with Crippen LogP contribution < -0.4 is 0 Å². The van der Waals surface area contributed by atoms with E-state index < -0.39 is 0 Å². The summed E-state index contributed by atoms with van der Waals surface area (Å²) in [6.45, 7) is 6.89. The van der Waals surface area contributed by atoms with Crippen molar-refractivity contribution in [1.29, 1.82) is 0 Å². The van der Waals surface area contributed by atoms with E-state index in [1.165, 1.54) is 10.6 Å². The van der Waals surface area contributed by atoms with E-state index in [9.17, 15) is 0 Å². The van der Waals surface area contributed by atoms with Crippen LogP contribution >= 0.6 is 0 Å². The van der Waals surface area contributed by atoms with Gasteiger partial charge < -0.3 is 5.11 Å². The van der Waals surface area contributed by atoms with E-state index >= 15 is 0 Å². The molecule has 61 valence electrons. The molecule has 0 atom stereocenters. The first kappa shape index (κ1) is 13.1. The van der Waals surface area contributed by atoms with Crippen LogP contribution in [0.1, 0.15) is 33.6 Å². The van der Waals surface area contributed by atoms with Crippen LogP contribution in [-0.2, 0) is 0 Å². The third-order valence-electron chi connectivity index (χ3n) is 1.09. The molecule has 10 heavy (non-hydrogen) atoms. The number of rotatable bonds is 4. The summed E-state index contributed by atoms with van der Waals surface area (Å²) in [4.78, 5) is 0. The molecule has 0 aliphatic rings. The van der Waals surface area contributed by atoms with Gasteiger partial charge in [0.2, 0.25) is 0 Å². The molecule has 0 aliphatic heterocycles. The molecular formula is C8H20AlO. The predicted octanol–water partition coefficient (Wildman–Crippen LogP) is 2.35. The van der Waals surface area contributed by atoms with Gasteiger partial charge in [-0.1, -0.05) is 27.2 Å². The van der Waals surface area contributed by atoms with Crippen LogP contribution in [0.25, 0.3) is 0 Å². The first-order valence-electron chi connectivity index (χ1n) is 4.25. The standard InChI is InChI=1S/C4H10O.2C2H5.Al/c1-2-3-4-5;2*1-2;/h5H,2-4H2,1H3;2*1H2,2H3;. The van der Waals surface area contributed by atoms with Gasteiger partial charge in [-0.15, -0.1) is 10.6 Å². The zero-order valence-corrected chi connectivity index (χ0v) is 8.71. The molecule has 0 amide bonds. The van der Waals surface area contributed by atoms with Gasteiger partial charge in [0.25, 0.3) is 0 Å². The lowest BCUT2D eigenvalue weighted by Gasteiger charge is -1.79. The highest BCUT2D eigenvalue weighted by Crippen LogP contribution is 1.79. The molecule has 0 rings (SSSR count). The molecule has 0 saturated heterocycles. The fourth-order valence-corrected chi connectivity index (χ4v) is 1.02. The molecule has 1 nitrogen and oxygen atoms in total. The Morgan fingerprint density at radius 2 is 1.60 bits per heavy atom. The normalized spacial score (nSPS) is 8.00. The van der Waals surface area contributed by atoms with E-state index in [2.05, 4.69) is 20.8 Å². The maximum absolute atomic E-state index is 8.07. The van der Waals surface area contributed by atoms with Gasteiger partial charge in [-0.25, -0.2) is 0 Å². The van der Waals surface area contributed by atoms with Crippen LogP contribution in [0.3, 0.4) is 0 Å². The first-order valence-corrected chi connectivity index (χ1v) is 5.89. The van der Waals surface area contributed by atoms with Crippen LogP contribution in [0, 0.1) is 0 Å². The van der Waals surface area contributed by atoms with Crippen molar-refractivity contribution in [2.24, 2.45) is 0 Å². The van der Waals surface area contributed by atoms with Gasteiger partial charge in [-0.05, 0) is 6.42 Å². The van der Waals surface area contributed by atoms with E-state index in [0.29, 0.717) is 6.61 Å². The van der Waals surface area contributed by atoms with Gasteiger partial charge in [-0.2, -0.15) is 0 Å². The van der Waals surface area contributed by atoms with Crippen LogP contribution in [0.5, 0.6) is 0 Å². The van der Waals surface area contributed by atoms with E-state index in [4.69, 9.17) is 5.11 Å². The summed E-state index contributed by atoms with van der Waals surface area (Å²) < 4.78 is 0. The molecule has 0 spiro atoms. The number of hydrogen-bond acceptors (Lipinski definition) is 1. The average Bonchev–Trinajstić information content (AvgIpc) is 1.93. The summed E-state index contributed by atoms with van der Waals surface area (Å²) in [7, 11) is 0. The van der Waals surface area contributed by atoms with Crippen molar-refractivity contribution in [3.8, 4) is 0 Å². The van der Waals surface area contributed by atoms with Crippen molar-refractivity contribution in [1.82, 2.24) is 0 Å². The highest BCUT2D eigenvalue weighted by atomic mass is 27.1. The molecule has 2 heteroatoms. The molecular weight excluding hydrogens is 139 g/mol. The second kappa shape index (κ2) is 16.2. The molecule has 0 unspecified atom stereocenters. The van der Waals surface area contributed by atoms with E-state index in [0.717, 1.165) is 28.1 Å². The maximum Gasteiger partial charge on any atom is 0.198 e. The van der Waals surface area contributed by atoms with Gasteiger partial charge in [0.05, 0.1) is 0 Å². The largest absolute Gasteiger partial charge is 0.396 e. The minimum absolute atomic E-state index is 0.344. The first-order chi connectivity index (χ1) is 4.83. The summed E-state index contributed by atoms with van der Waals surface area (Å²) in [6, 6.07) is 0. The lowest BCUT2D eigenvalue weighted by molar-refractivity contribution is 0.287. The number of hydrogen-bond donors (Lipinski definition) is 1. The quantitative estimate of drug-likeness (QED) is 0.624. The van der Waals surface area contributed by atoms with Crippen molar-refractivity contribution in [3.63, 3.8) is 0 Å². The smallest absolute Gasteiger partial charge is 0.198 e. The Hall–Kier alpha value is 0.492. The van der Waals surface area contributed by atoms with E-state index in [1.54, 1.807) is 0 Å². The molecule has 0 heterocycles. The van der Waals surface area contributed by atoms with Crippen molar-refractivity contribution in [2.45, 2.75) is 44.2 Å². The Bertz CT molecular complexity index is 30.2. The minimum Gasteiger partial charge on any atom is -0.396 e. The van der Waals surface area contributed by atoms with Crippen LogP contribution in [-0.4, -0.2) is 26.9 Å².